The second-order valence-corrected chi connectivity index (χ2v) is 8.40. The van der Waals surface area contributed by atoms with Crippen LogP contribution in [0.25, 0.3) is 22.8 Å². The van der Waals surface area contributed by atoms with Crippen LogP contribution in [-0.2, 0) is 19.0 Å². The summed E-state index contributed by atoms with van der Waals surface area (Å²) in [6.07, 6.45) is -4.39. The molecule has 0 saturated heterocycles. The van der Waals surface area contributed by atoms with Crippen molar-refractivity contribution in [2.45, 2.75) is 30.9 Å². The lowest BCUT2D eigenvalue weighted by Gasteiger charge is -2.21. The maximum absolute atomic E-state index is 12.7. The van der Waals surface area contributed by atoms with Crippen molar-refractivity contribution >= 4 is 17.4 Å². The summed E-state index contributed by atoms with van der Waals surface area (Å²) in [5.74, 6) is 1.66. The van der Waals surface area contributed by atoms with Gasteiger partial charge in [-0.3, -0.25) is 0 Å². The van der Waals surface area contributed by atoms with E-state index < -0.39 is 11.7 Å². The van der Waals surface area contributed by atoms with Crippen molar-refractivity contribution in [1.29, 1.82) is 0 Å². The Balaban J connectivity index is 1.42. The lowest BCUT2D eigenvalue weighted by molar-refractivity contribution is -0.137. The highest BCUT2D eigenvalue weighted by atomic mass is 32.2. The minimum absolute atomic E-state index is 0.233. The van der Waals surface area contributed by atoms with Crippen LogP contribution in [0.3, 0.4) is 0 Å². The molecule has 4 aromatic rings. The number of benzene rings is 2. The first-order chi connectivity index (χ1) is 16.3. The number of hydrogen-bond acceptors (Lipinski definition) is 7. The summed E-state index contributed by atoms with van der Waals surface area (Å²) >= 11 is 1.38. The molecule has 0 spiro atoms. The second kappa shape index (κ2) is 9.88. The maximum atomic E-state index is 12.7. The van der Waals surface area contributed by atoms with Gasteiger partial charge in [-0.15, -0.1) is 10.2 Å². The number of nitrogens with zero attached hydrogens (tertiary/aromatic N) is 6. The zero-order valence-corrected chi connectivity index (χ0v) is 19.7. The number of aromatic nitrogens is 5. The van der Waals surface area contributed by atoms with Crippen LogP contribution in [0.1, 0.15) is 25.3 Å². The van der Waals surface area contributed by atoms with Gasteiger partial charge in [0.15, 0.2) is 11.0 Å². The third-order valence-electron chi connectivity index (χ3n) is 5.35. The zero-order chi connectivity index (χ0) is 24.3. The van der Waals surface area contributed by atoms with Crippen molar-refractivity contribution in [3.8, 4) is 22.8 Å². The fourth-order valence-corrected chi connectivity index (χ4v) is 4.22. The van der Waals surface area contributed by atoms with E-state index in [1.165, 1.54) is 23.9 Å². The van der Waals surface area contributed by atoms with E-state index in [4.69, 9.17) is 4.52 Å². The molecule has 0 amide bonds. The third kappa shape index (κ3) is 5.09. The molecule has 2 aromatic carbocycles. The van der Waals surface area contributed by atoms with Crippen LogP contribution in [0.2, 0.25) is 0 Å². The van der Waals surface area contributed by atoms with Gasteiger partial charge >= 0.3 is 6.18 Å². The SMILES string of the molecule is CCN(CC)c1ccc(-c2nnc(SCc3nc(-c4ccc(C(F)(F)F)cc4)no3)n2C)cc1. The zero-order valence-electron chi connectivity index (χ0n) is 18.9. The Kier molecular flexibility index (Phi) is 6.92. The van der Waals surface area contributed by atoms with E-state index in [2.05, 4.69) is 51.2 Å². The standard InChI is InChI=1S/C23H23F3N6OS/c1-4-32(5-2)18-12-8-16(9-13-18)21-28-29-22(31(21)3)34-14-19-27-20(30-33-19)15-6-10-17(11-7-15)23(24,25)26/h6-13H,4-5,14H2,1-3H3. The fourth-order valence-electron chi connectivity index (χ4n) is 3.47. The van der Waals surface area contributed by atoms with E-state index >= 15 is 0 Å². The van der Waals surface area contributed by atoms with Gasteiger partial charge in [-0.25, -0.2) is 0 Å². The van der Waals surface area contributed by atoms with Crippen molar-refractivity contribution in [2.24, 2.45) is 7.05 Å². The molecule has 0 saturated carbocycles. The number of anilines is 1. The van der Waals surface area contributed by atoms with Gasteiger partial charge in [0.25, 0.3) is 0 Å². The molecule has 0 aliphatic rings. The predicted molar refractivity (Wildman–Crippen MR) is 124 cm³/mol. The molecule has 2 aromatic heterocycles. The molecular weight excluding hydrogens is 465 g/mol. The quantitative estimate of drug-likeness (QED) is 0.295. The van der Waals surface area contributed by atoms with Gasteiger partial charge in [0, 0.05) is 37.0 Å². The summed E-state index contributed by atoms with van der Waals surface area (Å²) in [7, 11) is 1.89. The highest BCUT2D eigenvalue weighted by Gasteiger charge is 2.30. The first kappa shape index (κ1) is 23.8. The van der Waals surface area contributed by atoms with Gasteiger partial charge in [-0.2, -0.15) is 18.2 Å². The molecule has 0 atom stereocenters. The van der Waals surface area contributed by atoms with Crippen LogP contribution in [0, 0.1) is 0 Å². The Morgan fingerprint density at radius 3 is 2.21 bits per heavy atom. The average Bonchev–Trinajstić information content (AvgIpc) is 3.45. The Bertz CT molecular complexity index is 1230. The van der Waals surface area contributed by atoms with Crippen molar-refractivity contribution < 1.29 is 17.7 Å². The first-order valence-corrected chi connectivity index (χ1v) is 11.7. The number of halogens is 3. The summed E-state index contributed by atoms with van der Waals surface area (Å²) in [6, 6.07) is 12.8. The van der Waals surface area contributed by atoms with E-state index in [1.54, 1.807) is 0 Å². The number of alkyl halides is 3. The van der Waals surface area contributed by atoms with Gasteiger partial charge in [-0.05, 0) is 50.2 Å². The summed E-state index contributed by atoms with van der Waals surface area (Å²) < 4.78 is 45.4. The molecule has 0 aliphatic heterocycles. The van der Waals surface area contributed by atoms with E-state index in [0.717, 1.165) is 42.3 Å². The first-order valence-electron chi connectivity index (χ1n) is 10.7. The van der Waals surface area contributed by atoms with Gasteiger partial charge in [0.2, 0.25) is 11.7 Å². The molecule has 2 heterocycles. The Morgan fingerprint density at radius 1 is 0.941 bits per heavy atom. The highest BCUT2D eigenvalue weighted by molar-refractivity contribution is 7.98. The third-order valence-corrected chi connectivity index (χ3v) is 6.36. The lowest BCUT2D eigenvalue weighted by atomic mass is 10.1. The Morgan fingerprint density at radius 2 is 1.59 bits per heavy atom. The Labute approximate surface area is 199 Å². The molecule has 0 bridgehead atoms. The van der Waals surface area contributed by atoms with Crippen LogP contribution in [-0.4, -0.2) is 38.0 Å². The van der Waals surface area contributed by atoms with Crippen LogP contribution in [0.5, 0.6) is 0 Å². The van der Waals surface area contributed by atoms with Gasteiger partial charge < -0.3 is 14.0 Å². The van der Waals surface area contributed by atoms with Crippen molar-refractivity contribution in [2.75, 3.05) is 18.0 Å². The molecule has 34 heavy (non-hydrogen) atoms. The molecule has 0 N–H and O–H groups in total. The summed E-state index contributed by atoms with van der Waals surface area (Å²) in [5, 5.41) is 13.1. The van der Waals surface area contributed by atoms with E-state index in [1.807, 2.05) is 23.7 Å². The van der Waals surface area contributed by atoms with Crippen LogP contribution >= 0.6 is 11.8 Å². The van der Waals surface area contributed by atoms with Crippen LogP contribution in [0.15, 0.2) is 58.2 Å². The molecule has 11 heteroatoms. The van der Waals surface area contributed by atoms with E-state index in [0.29, 0.717) is 22.4 Å². The fraction of sp³-hybridized carbons (Fsp3) is 0.304. The second-order valence-electron chi connectivity index (χ2n) is 7.46. The normalized spacial score (nSPS) is 11.7. The van der Waals surface area contributed by atoms with E-state index in [9.17, 15) is 13.2 Å². The summed E-state index contributed by atoms with van der Waals surface area (Å²) in [4.78, 5) is 6.55. The maximum Gasteiger partial charge on any atom is 0.416 e. The Hall–Kier alpha value is -3.34. The molecular formula is C23H23F3N6OS. The van der Waals surface area contributed by atoms with Gasteiger partial charge in [0.1, 0.15) is 0 Å². The van der Waals surface area contributed by atoms with Crippen molar-refractivity contribution in [1.82, 2.24) is 24.9 Å². The van der Waals surface area contributed by atoms with Crippen molar-refractivity contribution in [3.63, 3.8) is 0 Å². The van der Waals surface area contributed by atoms with Gasteiger partial charge in [-0.1, -0.05) is 29.1 Å². The highest BCUT2D eigenvalue weighted by Crippen LogP contribution is 2.31. The number of hydrogen-bond donors (Lipinski definition) is 0. The minimum atomic E-state index is -4.39. The van der Waals surface area contributed by atoms with Crippen molar-refractivity contribution in [3.05, 3.63) is 60.0 Å². The predicted octanol–water partition coefficient (Wildman–Crippen LogP) is 5.69. The molecule has 4 rings (SSSR count). The number of thioether (sulfide) groups is 1. The van der Waals surface area contributed by atoms with Crippen LogP contribution < -0.4 is 4.90 Å². The molecule has 178 valence electrons. The van der Waals surface area contributed by atoms with E-state index in [-0.39, 0.29) is 5.82 Å². The smallest absolute Gasteiger partial charge is 0.372 e. The molecule has 0 radical (unpaired) electrons. The van der Waals surface area contributed by atoms with Gasteiger partial charge in [0.05, 0.1) is 11.3 Å². The van der Waals surface area contributed by atoms with Crippen LogP contribution in [0.4, 0.5) is 18.9 Å². The summed E-state index contributed by atoms with van der Waals surface area (Å²) in [5.41, 5.74) is 1.84. The molecule has 0 aliphatic carbocycles. The average molecular weight is 489 g/mol. The summed E-state index contributed by atoms with van der Waals surface area (Å²) in [6.45, 7) is 6.13. The molecule has 7 nitrogen and oxygen atoms in total. The lowest BCUT2D eigenvalue weighted by Crippen LogP contribution is -2.21. The number of rotatable bonds is 8. The largest absolute Gasteiger partial charge is 0.416 e. The minimum Gasteiger partial charge on any atom is -0.372 e. The monoisotopic (exact) mass is 488 g/mol. The topological polar surface area (TPSA) is 72.9 Å². The molecule has 0 fully saturated rings. The molecule has 0 unspecified atom stereocenters.